The summed E-state index contributed by atoms with van der Waals surface area (Å²) in [5, 5.41) is 15.4. The SMILES string of the molecule is COc1cc(OCC(=O)N(C)Cc2nc(-c3ccc(Cl)cc3)no2)ccc1[N+](=O)[O-]. The molecule has 3 rings (SSSR count). The fourth-order valence-electron chi connectivity index (χ4n) is 2.48. The fraction of sp³-hybridized carbons (Fsp3) is 0.211. The lowest BCUT2D eigenvalue weighted by Crippen LogP contribution is -2.31. The first-order valence-corrected chi connectivity index (χ1v) is 9.03. The van der Waals surface area contributed by atoms with E-state index in [-0.39, 0.29) is 42.1 Å². The summed E-state index contributed by atoms with van der Waals surface area (Å²) in [6.45, 7) is -0.192. The Balaban J connectivity index is 1.58. The maximum Gasteiger partial charge on any atom is 0.311 e. The summed E-state index contributed by atoms with van der Waals surface area (Å²) in [6.07, 6.45) is 0. The van der Waals surface area contributed by atoms with Gasteiger partial charge < -0.3 is 18.9 Å². The monoisotopic (exact) mass is 432 g/mol. The predicted molar refractivity (Wildman–Crippen MR) is 106 cm³/mol. The normalized spacial score (nSPS) is 10.5. The molecule has 0 radical (unpaired) electrons. The Labute approximate surface area is 176 Å². The van der Waals surface area contributed by atoms with Crippen LogP contribution in [0.1, 0.15) is 5.89 Å². The summed E-state index contributed by atoms with van der Waals surface area (Å²) in [6, 6.07) is 10.9. The van der Waals surface area contributed by atoms with Gasteiger partial charge in [0.25, 0.3) is 5.91 Å². The number of likely N-dealkylation sites (N-methyl/N-ethyl adjacent to an activating group) is 1. The molecule has 10 nitrogen and oxygen atoms in total. The summed E-state index contributed by atoms with van der Waals surface area (Å²) in [4.78, 5) is 28.3. The largest absolute Gasteiger partial charge is 0.490 e. The van der Waals surface area contributed by atoms with Gasteiger partial charge in [0.05, 0.1) is 18.6 Å². The Morgan fingerprint density at radius 2 is 2.00 bits per heavy atom. The topological polar surface area (TPSA) is 121 Å². The van der Waals surface area contributed by atoms with Crippen LogP contribution in [0.5, 0.6) is 11.5 Å². The van der Waals surface area contributed by atoms with E-state index in [1.165, 1.54) is 30.2 Å². The Kier molecular flexibility index (Phi) is 6.48. The van der Waals surface area contributed by atoms with Gasteiger partial charge in [-0.25, -0.2) is 0 Å². The van der Waals surface area contributed by atoms with Crippen molar-refractivity contribution >= 4 is 23.2 Å². The molecule has 30 heavy (non-hydrogen) atoms. The molecule has 0 bridgehead atoms. The number of ether oxygens (including phenoxy) is 2. The van der Waals surface area contributed by atoms with Gasteiger partial charge in [0, 0.05) is 29.8 Å². The third-order valence-electron chi connectivity index (χ3n) is 4.08. The number of hydrogen-bond acceptors (Lipinski definition) is 8. The van der Waals surface area contributed by atoms with Gasteiger partial charge >= 0.3 is 5.69 Å². The maximum absolute atomic E-state index is 12.3. The zero-order valence-electron chi connectivity index (χ0n) is 16.1. The standard InChI is InChI=1S/C19H17ClN4O6/c1-23(10-17-21-19(22-30-17)12-3-5-13(20)6-4-12)18(25)11-29-14-7-8-15(24(26)27)16(9-14)28-2/h3-9H,10-11H2,1-2H3. The van der Waals surface area contributed by atoms with Crippen LogP contribution >= 0.6 is 11.6 Å². The van der Waals surface area contributed by atoms with Crippen molar-refractivity contribution < 1.29 is 23.7 Å². The van der Waals surface area contributed by atoms with Crippen LogP contribution in [0.4, 0.5) is 5.69 Å². The van der Waals surface area contributed by atoms with Crippen molar-refractivity contribution in [3.8, 4) is 22.9 Å². The van der Waals surface area contributed by atoms with E-state index in [1.54, 1.807) is 31.3 Å². The molecule has 1 heterocycles. The molecule has 0 saturated heterocycles. The van der Waals surface area contributed by atoms with Crippen molar-refractivity contribution in [1.29, 1.82) is 0 Å². The lowest BCUT2D eigenvalue weighted by Gasteiger charge is -2.15. The third kappa shape index (κ3) is 5.03. The maximum atomic E-state index is 12.3. The Morgan fingerprint density at radius 3 is 2.67 bits per heavy atom. The molecule has 11 heteroatoms. The highest BCUT2D eigenvalue weighted by Crippen LogP contribution is 2.30. The number of rotatable bonds is 8. The predicted octanol–water partition coefficient (Wildman–Crippen LogP) is 3.34. The molecular weight excluding hydrogens is 416 g/mol. The highest BCUT2D eigenvalue weighted by atomic mass is 35.5. The van der Waals surface area contributed by atoms with Crippen molar-refractivity contribution in [2.24, 2.45) is 0 Å². The number of carbonyl (C=O) groups is 1. The van der Waals surface area contributed by atoms with Crippen LogP contribution in [0.15, 0.2) is 47.0 Å². The summed E-state index contributed by atoms with van der Waals surface area (Å²) < 4.78 is 15.6. The third-order valence-corrected chi connectivity index (χ3v) is 4.33. The molecule has 0 spiro atoms. The first-order valence-electron chi connectivity index (χ1n) is 8.65. The van der Waals surface area contributed by atoms with E-state index in [4.69, 9.17) is 25.6 Å². The molecule has 1 amide bonds. The van der Waals surface area contributed by atoms with Crippen LogP contribution in [-0.2, 0) is 11.3 Å². The van der Waals surface area contributed by atoms with Crippen LogP contribution in [0.25, 0.3) is 11.4 Å². The average molecular weight is 433 g/mol. The molecule has 156 valence electrons. The second kappa shape index (κ2) is 9.23. The average Bonchev–Trinajstić information content (AvgIpc) is 3.20. The van der Waals surface area contributed by atoms with Gasteiger partial charge in [0.2, 0.25) is 17.5 Å². The zero-order chi connectivity index (χ0) is 21.7. The van der Waals surface area contributed by atoms with Crippen molar-refractivity contribution in [1.82, 2.24) is 15.0 Å². The summed E-state index contributed by atoms with van der Waals surface area (Å²) >= 11 is 5.86. The van der Waals surface area contributed by atoms with Gasteiger partial charge in [-0.3, -0.25) is 14.9 Å². The lowest BCUT2D eigenvalue weighted by molar-refractivity contribution is -0.385. The molecule has 0 aliphatic heterocycles. The molecule has 0 atom stereocenters. The van der Waals surface area contributed by atoms with Crippen LogP contribution < -0.4 is 9.47 Å². The molecule has 0 fully saturated rings. The van der Waals surface area contributed by atoms with Gasteiger partial charge in [-0.05, 0) is 30.3 Å². The number of nitro groups is 1. The van der Waals surface area contributed by atoms with E-state index in [0.29, 0.717) is 10.8 Å². The van der Waals surface area contributed by atoms with Gasteiger partial charge in [0.15, 0.2) is 6.61 Å². The summed E-state index contributed by atoms with van der Waals surface area (Å²) in [5.74, 6) is 0.601. The molecule has 3 aromatic rings. The Hall–Kier alpha value is -3.66. The minimum atomic E-state index is -0.565. The van der Waals surface area contributed by atoms with E-state index in [1.807, 2.05) is 0 Å². The molecule has 1 aromatic heterocycles. The first kappa shape index (κ1) is 21.1. The molecule has 0 N–H and O–H groups in total. The van der Waals surface area contributed by atoms with Crippen LogP contribution in [0, 0.1) is 10.1 Å². The van der Waals surface area contributed by atoms with Crippen molar-refractivity contribution in [3.05, 3.63) is 63.5 Å². The number of aromatic nitrogens is 2. The Morgan fingerprint density at radius 1 is 1.27 bits per heavy atom. The van der Waals surface area contributed by atoms with Crippen LogP contribution in [0.3, 0.4) is 0 Å². The van der Waals surface area contributed by atoms with Crippen LogP contribution in [-0.4, -0.2) is 46.6 Å². The van der Waals surface area contributed by atoms with E-state index in [0.717, 1.165) is 5.56 Å². The number of methoxy groups -OCH3 is 1. The molecule has 0 unspecified atom stereocenters. The van der Waals surface area contributed by atoms with Gasteiger partial charge in [-0.2, -0.15) is 4.98 Å². The van der Waals surface area contributed by atoms with E-state index >= 15 is 0 Å². The van der Waals surface area contributed by atoms with Crippen molar-refractivity contribution in [2.45, 2.75) is 6.54 Å². The summed E-state index contributed by atoms with van der Waals surface area (Å²) in [5.41, 5.74) is 0.542. The second-order valence-electron chi connectivity index (χ2n) is 6.15. The summed E-state index contributed by atoms with van der Waals surface area (Å²) in [7, 11) is 2.88. The highest BCUT2D eigenvalue weighted by Gasteiger charge is 2.18. The van der Waals surface area contributed by atoms with Crippen molar-refractivity contribution in [3.63, 3.8) is 0 Å². The molecule has 0 aliphatic rings. The lowest BCUT2D eigenvalue weighted by atomic mass is 10.2. The van der Waals surface area contributed by atoms with E-state index < -0.39 is 4.92 Å². The highest BCUT2D eigenvalue weighted by molar-refractivity contribution is 6.30. The fourth-order valence-corrected chi connectivity index (χ4v) is 2.61. The van der Waals surface area contributed by atoms with Gasteiger partial charge in [-0.15, -0.1) is 0 Å². The number of nitro benzene ring substituents is 1. The number of hydrogen-bond donors (Lipinski definition) is 0. The molecular formula is C19H17ClN4O6. The first-order chi connectivity index (χ1) is 14.4. The molecule has 2 aromatic carbocycles. The smallest absolute Gasteiger partial charge is 0.311 e. The number of benzene rings is 2. The number of nitrogens with zero attached hydrogens (tertiary/aromatic N) is 4. The number of halogens is 1. The van der Waals surface area contributed by atoms with Gasteiger partial charge in [0.1, 0.15) is 5.75 Å². The molecule has 0 aliphatic carbocycles. The second-order valence-corrected chi connectivity index (χ2v) is 6.58. The quantitative estimate of drug-likeness (QED) is 0.392. The number of amides is 1. The van der Waals surface area contributed by atoms with E-state index in [9.17, 15) is 14.9 Å². The molecule has 0 saturated carbocycles. The minimum absolute atomic E-state index is 0.0406. The minimum Gasteiger partial charge on any atom is -0.490 e. The zero-order valence-corrected chi connectivity index (χ0v) is 16.8. The van der Waals surface area contributed by atoms with Gasteiger partial charge in [-0.1, -0.05) is 16.8 Å². The van der Waals surface area contributed by atoms with Crippen molar-refractivity contribution in [2.75, 3.05) is 20.8 Å². The number of carbonyl (C=O) groups excluding carboxylic acids is 1. The Bertz CT molecular complexity index is 1050. The van der Waals surface area contributed by atoms with Crippen LogP contribution in [0.2, 0.25) is 5.02 Å². The van der Waals surface area contributed by atoms with E-state index in [2.05, 4.69) is 10.1 Å².